The summed E-state index contributed by atoms with van der Waals surface area (Å²) in [6, 6.07) is 8.51. The van der Waals surface area contributed by atoms with Crippen LogP contribution in [-0.4, -0.2) is 59.0 Å². The molecule has 0 atom stereocenters. The van der Waals surface area contributed by atoms with Gasteiger partial charge in [0.15, 0.2) is 11.9 Å². The van der Waals surface area contributed by atoms with Crippen molar-refractivity contribution < 1.29 is 9.18 Å². The first-order valence-corrected chi connectivity index (χ1v) is 8.19. The molecule has 1 fully saturated rings. The van der Waals surface area contributed by atoms with Crippen LogP contribution in [0.1, 0.15) is 10.5 Å². The molecule has 0 spiro atoms. The quantitative estimate of drug-likeness (QED) is 0.684. The van der Waals surface area contributed by atoms with E-state index >= 15 is 0 Å². The number of anilines is 1. The Morgan fingerprint density at radius 1 is 1.12 bits per heavy atom. The summed E-state index contributed by atoms with van der Waals surface area (Å²) < 4.78 is 16.3. The Bertz CT molecular complexity index is 930. The SMILES string of the molecule is CN1CCN(c2ccc(-c3cnc4ccc(C=O)nn34)cc2F)CC1. The van der Waals surface area contributed by atoms with E-state index in [9.17, 15) is 9.18 Å². The van der Waals surface area contributed by atoms with Gasteiger partial charge in [-0.15, -0.1) is 0 Å². The normalized spacial score (nSPS) is 15.7. The average molecular weight is 339 g/mol. The summed E-state index contributed by atoms with van der Waals surface area (Å²) in [5.74, 6) is -0.261. The molecule has 128 valence electrons. The van der Waals surface area contributed by atoms with E-state index in [1.807, 2.05) is 6.07 Å². The molecule has 0 bridgehead atoms. The summed E-state index contributed by atoms with van der Waals surface area (Å²) in [5, 5.41) is 4.23. The van der Waals surface area contributed by atoms with E-state index in [-0.39, 0.29) is 5.82 Å². The highest BCUT2D eigenvalue weighted by atomic mass is 19.1. The number of hydrogen-bond acceptors (Lipinski definition) is 5. The van der Waals surface area contributed by atoms with Gasteiger partial charge in [-0.1, -0.05) is 6.07 Å². The Hall–Kier alpha value is -2.80. The number of hydrogen-bond donors (Lipinski definition) is 0. The van der Waals surface area contributed by atoms with Gasteiger partial charge in [-0.05, 0) is 31.3 Å². The third-order valence-corrected chi connectivity index (χ3v) is 4.59. The second-order valence-electron chi connectivity index (χ2n) is 6.25. The Morgan fingerprint density at radius 3 is 2.64 bits per heavy atom. The number of fused-ring (bicyclic) bond motifs is 1. The van der Waals surface area contributed by atoms with Gasteiger partial charge in [0, 0.05) is 31.7 Å². The maximum atomic E-state index is 14.7. The van der Waals surface area contributed by atoms with Gasteiger partial charge >= 0.3 is 0 Å². The van der Waals surface area contributed by atoms with Crippen molar-refractivity contribution in [3.05, 3.63) is 48.0 Å². The van der Waals surface area contributed by atoms with Crippen LogP contribution in [-0.2, 0) is 0 Å². The third-order valence-electron chi connectivity index (χ3n) is 4.59. The number of rotatable bonds is 3. The van der Waals surface area contributed by atoms with Crippen molar-refractivity contribution in [2.75, 3.05) is 38.1 Å². The highest BCUT2D eigenvalue weighted by Gasteiger charge is 2.18. The molecule has 25 heavy (non-hydrogen) atoms. The van der Waals surface area contributed by atoms with Crippen LogP contribution in [0, 0.1) is 5.82 Å². The maximum Gasteiger partial charge on any atom is 0.170 e. The highest BCUT2D eigenvalue weighted by Crippen LogP contribution is 2.27. The number of imidazole rings is 1. The molecule has 3 aromatic rings. The van der Waals surface area contributed by atoms with E-state index in [1.54, 1.807) is 28.9 Å². The fraction of sp³-hybridized carbons (Fsp3) is 0.278. The number of benzene rings is 1. The lowest BCUT2D eigenvalue weighted by Gasteiger charge is -2.34. The zero-order chi connectivity index (χ0) is 17.4. The van der Waals surface area contributed by atoms with Gasteiger partial charge in [0.25, 0.3) is 0 Å². The van der Waals surface area contributed by atoms with Crippen molar-refractivity contribution >= 4 is 17.6 Å². The smallest absolute Gasteiger partial charge is 0.170 e. The van der Waals surface area contributed by atoms with Gasteiger partial charge in [0.05, 0.1) is 17.6 Å². The first kappa shape index (κ1) is 15.7. The molecular formula is C18H18FN5O. The topological polar surface area (TPSA) is 53.7 Å². The molecule has 2 aromatic heterocycles. The number of carbonyl (C=O) groups excluding carboxylic acids is 1. The van der Waals surface area contributed by atoms with Gasteiger partial charge in [-0.3, -0.25) is 4.79 Å². The van der Waals surface area contributed by atoms with Crippen LogP contribution < -0.4 is 4.90 Å². The molecule has 0 N–H and O–H groups in total. The predicted octanol–water partition coefficient (Wildman–Crippen LogP) is 2.10. The summed E-state index contributed by atoms with van der Waals surface area (Å²) in [7, 11) is 2.07. The molecule has 1 aliphatic heterocycles. The van der Waals surface area contributed by atoms with E-state index in [4.69, 9.17) is 0 Å². The number of carbonyl (C=O) groups is 1. The summed E-state index contributed by atoms with van der Waals surface area (Å²) in [4.78, 5) is 19.5. The van der Waals surface area contributed by atoms with Crippen molar-refractivity contribution in [2.45, 2.75) is 0 Å². The Balaban J connectivity index is 1.70. The molecule has 7 heteroatoms. The first-order chi connectivity index (χ1) is 12.2. The molecule has 1 aliphatic rings. The Morgan fingerprint density at radius 2 is 1.92 bits per heavy atom. The Kier molecular flexibility index (Phi) is 3.93. The van der Waals surface area contributed by atoms with Crippen molar-refractivity contribution in [2.24, 2.45) is 0 Å². The molecule has 1 saturated heterocycles. The van der Waals surface area contributed by atoms with Crippen LogP contribution in [0.4, 0.5) is 10.1 Å². The van der Waals surface area contributed by atoms with Crippen molar-refractivity contribution in [3.63, 3.8) is 0 Å². The second-order valence-corrected chi connectivity index (χ2v) is 6.25. The van der Waals surface area contributed by atoms with E-state index in [0.29, 0.717) is 34.6 Å². The molecule has 3 heterocycles. The summed E-state index contributed by atoms with van der Waals surface area (Å²) in [6.45, 7) is 3.47. The van der Waals surface area contributed by atoms with Crippen molar-refractivity contribution in [1.82, 2.24) is 19.5 Å². The molecule has 0 radical (unpaired) electrons. The fourth-order valence-electron chi connectivity index (χ4n) is 3.12. The molecule has 4 rings (SSSR count). The minimum atomic E-state index is -0.261. The lowest BCUT2D eigenvalue weighted by molar-refractivity contribution is 0.111. The first-order valence-electron chi connectivity index (χ1n) is 8.19. The summed E-state index contributed by atoms with van der Waals surface area (Å²) >= 11 is 0. The van der Waals surface area contributed by atoms with Crippen molar-refractivity contribution in [3.8, 4) is 11.3 Å². The largest absolute Gasteiger partial charge is 0.367 e. The van der Waals surface area contributed by atoms with Gasteiger partial charge < -0.3 is 9.80 Å². The molecule has 0 unspecified atom stereocenters. The highest BCUT2D eigenvalue weighted by molar-refractivity contribution is 5.73. The number of aromatic nitrogens is 3. The lowest BCUT2D eigenvalue weighted by Crippen LogP contribution is -2.44. The molecule has 0 saturated carbocycles. The van der Waals surface area contributed by atoms with Crippen LogP contribution >= 0.6 is 0 Å². The van der Waals surface area contributed by atoms with E-state index in [2.05, 4.69) is 26.9 Å². The number of aldehydes is 1. The van der Waals surface area contributed by atoms with E-state index in [0.717, 1.165) is 26.2 Å². The minimum Gasteiger partial charge on any atom is -0.367 e. The molecule has 6 nitrogen and oxygen atoms in total. The minimum absolute atomic E-state index is 0.261. The molecule has 0 amide bonds. The molecule has 1 aromatic carbocycles. The maximum absolute atomic E-state index is 14.7. The lowest BCUT2D eigenvalue weighted by atomic mass is 10.1. The van der Waals surface area contributed by atoms with Gasteiger partial charge in [0.2, 0.25) is 0 Å². The predicted molar refractivity (Wildman–Crippen MR) is 93.5 cm³/mol. The summed E-state index contributed by atoms with van der Waals surface area (Å²) in [5.41, 5.74) is 2.87. The number of nitrogens with zero attached hydrogens (tertiary/aromatic N) is 5. The van der Waals surface area contributed by atoms with E-state index in [1.165, 1.54) is 6.07 Å². The number of halogens is 1. The standard InChI is InChI=1S/C18H18FN5O/c1-22-6-8-23(9-7-22)16-4-2-13(10-15(16)19)17-11-20-18-5-3-14(12-25)21-24(17)18/h2-5,10-12H,6-9H2,1H3. The van der Waals surface area contributed by atoms with Gasteiger partial charge in [-0.25, -0.2) is 13.9 Å². The van der Waals surface area contributed by atoms with Crippen molar-refractivity contribution in [1.29, 1.82) is 0 Å². The van der Waals surface area contributed by atoms with Crippen LogP contribution in [0.3, 0.4) is 0 Å². The van der Waals surface area contributed by atoms with Crippen LogP contribution in [0.2, 0.25) is 0 Å². The van der Waals surface area contributed by atoms with E-state index < -0.39 is 0 Å². The fourth-order valence-corrected chi connectivity index (χ4v) is 3.12. The van der Waals surface area contributed by atoms with Crippen LogP contribution in [0.5, 0.6) is 0 Å². The zero-order valence-corrected chi connectivity index (χ0v) is 13.9. The number of likely N-dealkylation sites (N-methyl/N-ethyl adjacent to an activating group) is 1. The number of piperazine rings is 1. The second kappa shape index (κ2) is 6.25. The van der Waals surface area contributed by atoms with Gasteiger partial charge in [-0.2, -0.15) is 5.10 Å². The zero-order valence-electron chi connectivity index (χ0n) is 13.9. The molecule has 0 aliphatic carbocycles. The molecular weight excluding hydrogens is 321 g/mol. The monoisotopic (exact) mass is 339 g/mol. The third kappa shape index (κ3) is 2.87. The Labute approximate surface area is 144 Å². The summed E-state index contributed by atoms with van der Waals surface area (Å²) in [6.07, 6.45) is 2.32. The van der Waals surface area contributed by atoms with Crippen LogP contribution in [0.15, 0.2) is 36.5 Å². The van der Waals surface area contributed by atoms with Gasteiger partial charge in [0.1, 0.15) is 11.5 Å². The average Bonchev–Trinajstić information content (AvgIpc) is 3.05. The van der Waals surface area contributed by atoms with Crippen LogP contribution in [0.25, 0.3) is 16.9 Å².